The fourth-order valence-electron chi connectivity index (χ4n) is 3.23. The predicted octanol–water partition coefficient (Wildman–Crippen LogP) is 6.13. The van der Waals surface area contributed by atoms with Gasteiger partial charge in [-0.15, -0.1) is 0 Å². The van der Waals surface area contributed by atoms with Gasteiger partial charge < -0.3 is 9.92 Å². The van der Waals surface area contributed by atoms with E-state index in [1.807, 2.05) is 19.9 Å². The van der Waals surface area contributed by atoms with E-state index in [0.717, 1.165) is 16.8 Å². The molecular formula is C23H17Cl3N4O3S. The maximum Gasteiger partial charge on any atom is 0.339 e. The summed E-state index contributed by atoms with van der Waals surface area (Å²) >= 11 is 18.1. The minimum atomic E-state index is -4.29. The van der Waals surface area contributed by atoms with E-state index in [0.29, 0.717) is 17.0 Å². The fraction of sp³-hybridized carbons (Fsp3) is 0.0870. The number of aromatic nitrogens is 3. The van der Waals surface area contributed by atoms with E-state index in [2.05, 4.69) is 15.0 Å². The first-order valence-corrected chi connectivity index (χ1v) is 12.3. The van der Waals surface area contributed by atoms with Crippen molar-refractivity contribution in [3.8, 4) is 28.3 Å². The number of aryl methyl sites for hydroxylation is 2. The molecule has 34 heavy (non-hydrogen) atoms. The molecule has 11 heteroatoms. The smallest absolute Gasteiger partial charge is 0.339 e. The van der Waals surface area contributed by atoms with Crippen molar-refractivity contribution < 1.29 is 12.6 Å². The monoisotopic (exact) mass is 534 g/mol. The van der Waals surface area contributed by atoms with Crippen molar-refractivity contribution in [1.29, 1.82) is 0 Å². The molecule has 7 nitrogen and oxygen atoms in total. The summed E-state index contributed by atoms with van der Waals surface area (Å²) < 4.78 is 31.3. The molecule has 0 saturated carbocycles. The summed E-state index contributed by atoms with van der Waals surface area (Å²) in [6, 6.07) is 10.8. The van der Waals surface area contributed by atoms with Crippen LogP contribution >= 0.6 is 34.8 Å². The van der Waals surface area contributed by atoms with Crippen molar-refractivity contribution in [2.45, 2.75) is 18.7 Å². The second-order valence-electron chi connectivity index (χ2n) is 7.39. The van der Waals surface area contributed by atoms with Crippen LogP contribution in [0.5, 0.6) is 5.75 Å². The Morgan fingerprint density at radius 1 is 0.941 bits per heavy atom. The molecule has 0 amide bonds. The van der Waals surface area contributed by atoms with E-state index in [1.165, 1.54) is 30.5 Å². The van der Waals surface area contributed by atoms with Crippen LogP contribution in [0.25, 0.3) is 22.5 Å². The molecule has 2 N–H and O–H groups in total. The number of halogens is 3. The number of benzene rings is 2. The number of nitrogens with two attached hydrogens (primary N) is 1. The van der Waals surface area contributed by atoms with Crippen molar-refractivity contribution in [3.05, 3.63) is 81.2 Å². The number of rotatable bonds is 5. The predicted molar refractivity (Wildman–Crippen MR) is 134 cm³/mol. The van der Waals surface area contributed by atoms with Crippen LogP contribution in [0.2, 0.25) is 15.1 Å². The largest absolute Gasteiger partial charge is 0.382 e. The molecule has 4 aromatic rings. The van der Waals surface area contributed by atoms with Crippen molar-refractivity contribution in [3.63, 3.8) is 0 Å². The molecular weight excluding hydrogens is 519 g/mol. The van der Waals surface area contributed by atoms with E-state index in [1.54, 1.807) is 18.3 Å². The van der Waals surface area contributed by atoms with Crippen molar-refractivity contribution in [2.75, 3.05) is 5.73 Å². The summed E-state index contributed by atoms with van der Waals surface area (Å²) in [5, 5.41) is 0.185. The molecule has 4 rings (SSSR count). The van der Waals surface area contributed by atoms with Gasteiger partial charge in [-0.2, -0.15) is 8.42 Å². The van der Waals surface area contributed by atoms with Gasteiger partial charge in [-0.3, -0.25) is 4.98 Å². The van der Waals surface area contributed by atoms with Gasteiger partial charge in [0.15, 0.2) is 5.75 Å². The van der Waals surface area contributed by atoms with Crippen LogP contribution in [-0.2, 0) is 10.1 Å². The molecule has 0 atom stereocenters. The Morgan fingerprint density at radius 2 is 1.65 bits per heavy atom. The Kier molecular flexibility index (Phi) is 6.69. The third kappa shape index (κ3) is 4.95. The third-order valence-corrected chi connectivity index (χ3v) is 6.90. The Morgan fingerprint density at radius 3 is 2.32 bits per heavy atom. The topological polar surface area (TPSA) is 108 Å². The molecule has 0 radical (unpaired) electrons. The molecule has 0 aliphatic rings. The molecule has 174 valence electrons. The number of hydrogen-bond acceptors (Lipinski definition) is 7. The summed E-state index contributed by atoms with van der Waals surface area (Å²) in [6.07, 6.45) is 3.14. The fourth-order valence-corrected chi connectivity index (χ4v) is 5.21. The van der Waals surface area contributed by atoms with E-state index < -0.39 is 10.1 Å². The Hall–Kier alpha value is -2.91. The van der Waals surface area contributed by atoms with Gasteiger partial charge >= 0.3 is 10.1 Å². The van der Waals surface area contributed by atoms with Crippen LogP contribution in [0.4, 0.5) is 5.82 Å². The average molecular weight is 536 g/mol. The average Bonchev–Trinajstić information content (AvgIpc) is 2.77. The number of nitrogens with zero attached hydrogens (tertiary/aromatic N) is 3. The molecule has 0 fully saturated rings. The van der Waals surface area contributed by atoms with Crippen LogP contribution in [0.15, 0.2) is 59.8 Å². The summed E-state index contributed by atoms with van der Waals surface area (Å²) in [4.78, 5) is 13.0. The van der Waals surface area contributed by atoms with Crippen molar-refractivity contribution in [1.82, 2.24) is 15.0 Å². The first-order chi connectivity index (χ1) is 16.0. The molecule has 2 aromatic heterocycles. The van der Waals surface area contributed by atoms with Gasteiger partial charge in [0.1, 0.15) is 16.4 Å². The molecule has 0 aliphatic carbocycles. The lowest BCUT2D eigenvalue weighted by Crippen LogP contribution is -2.11. The normalized spacial score (nSPS) is 11.4. The highest BCUT2D eigenvalue weighted by molar-refractivity contribution is 7.87. The second-order valence-corrected chi connectivity index (χ2v) is 10.2. The van der Waals surface area contributed by atoms with Crippen LogP contribution in [0.3, 0.4) is 0 Å². The Bertz CT molecular complexity index is 1510. The number of nitrogen functional groups attached to an aromatic ring is 1. The number of anilines is 1. The van der Waals surface area contributed by atoms with Crippen molar-refractivity contribution >= 4 is 50.7 Å². The molecule has 0 spiro atoms. The van der Waals surface area contributed by atoms with E-state index >= 15 is 0 Å². The van der Waals surface area contributed by atoms with Gasteiger partial charge in [-0.1, -0.05) is 40.9 Å². The van der Waals surface area contributed by atoms with E-state index in [9.17, 15) is 8.42 Å². The molecule has 0 bridgehead atoms. The summed E-state index contributed by atoms with van der Waals surface area (Å²) in [6.45, 7) is 3.68. The van der Waals surface area contributed by atoms with Gasteiger partial charge in [0.05, 0.1) is 21.9 Å². The SMILES string of the molecule is Cc1cc(-c2nc(-c3cc(S(=O)(=O)Oc4c(Cl)cc(Cl)cc4Cl)ccc3C)cnc2N)ccn1. The van der Waals surface area contributed by atoms with E-state index in [4.69, 9.17) is 44.7 Å². The minimum absolute atomic E-state index is 0.0323. The zero-order chi connectivity index (χ0) is 24.6. The van der Waals surface area contributed by atoms with E-state index in [-0.39, 0.29) is 31.5 Å². The highest BCUT2D eigenvalue weighted by Gasteiger charge is 2.23. The van der Waals surface area contributed by atoms with Gasteiger partial charge in [0, 0.05) is 28.0 Å². The number of hydrogen-bond donors (Lipinski definition) is 1. The quantitative estimate of drug-likeness (QED) is 0.306. The van der Waals surface area contributed by atoms with Crippen LogP contribution in [0.1, 0.15) is 11.3 Å². The van der Waals surface area contributed by atoms with Crippen molar-refractivity contribution in [2.24, 2.45) is 0 Å². The maximum absolute atomic E-state index is 13.0. The molecule has 2 heterocycles. The minimum Gasteiger partial charge on any atom is -0.382 e. The lowest BCUT2D eigenvalue weighted by atomic mass is 10.1. The maximum atomic E-state index is 13.0. The second kappa shape index (κ2) is 9.38. The lowest BCUT2D eigenvalue weighted by molar-refractivity contribution is 0.486. The van der Waals surface area contributed by atoms with Gasteiger partial charge in [0.25, 0.3) is 0 Å². The lowest BCUT2D eigenvalue weighted by Gasteiger charge is -2.13. The van der Waals surface area contributed by atoms with Gasteiger partial charge in [-0.25, -0.2) is 9.97 Å². The van der Waals surface area contributed by atoms with Crippen LogP contribution in [-0.4, -0.2) is 23.4 Å². The first-order valence-electron chi connectivity index (χ1n) is 9.81. The van der Waals surface area contributed by atoms with Gasteiger partial charge in [0.2, 0.25) is 0 Å². The molecule has 2 aromatic carbocycles. The Balaban J connectivity index is 1.77. The standard InChI is InChI=1S/C23H17Cl3N4O3S/c1-12-3-4-16(34(31,32)33-22-18(25)8-15(24)9-19(22)26)10-17(12)20-11-29-23(27)21(30-20)14-5-6-28-13(2)7-14/h3-11H,1-2H3,(H2,27,29). The first kappa shape index (κ1) is 24.2. The summed E-state index contributed by atoms with van der Waals surface area (Å²) in [5.74, 6) is 0.0311. The highest BCUT2D eigenvalue weighted by atomic mass is 35.5. The third-order valence-electron chi connectivity index (χ3n) is 4.90. The Labute approximate surface area is 211 Å². The zero-order valence-corrected chi connectivity index (χ0v) is 21.0. The zero-order valence-electron chi connectivity index (χ0n) is 17.9. The molecule has 0 unspecified atom stereocenters. The highest BCUT2D eigenvalue weighted by Crippen LogP contribution is 2.38. The molecule has 0 saturated heterocycles. The molecule has 0 aliphatic heterocycles. The van der Waals surface area contributed by atoms with Crippen LogP contribution in [0, 0.1) is 13.8 Å². The summed E-state index contributed by atoms with van der Waals surface area (Å²) in [5.41, 5.74) is 9.83. The van der Waals surface area contributed by atoms with Crippen LogP contribution < -0.4 is 9.92 Å². The summed E-state index contributed by atoms with van der Waals surface area (Å²) in [7, 11) is -4.29. The van der Waals surface area contributed by atoms with Gasteiger partial charge in [-0.05, 0) is 55.8 Å². The number of pyridine rings is 1.